The summed E-state index contributed by atoms with van der Waals surface area (Å²) in [6.07, 6.45) is 4.62. The smallest absolute Gasteiger partial charge is 0.270 e. The molecule has 3 aromatic rings. The van der Waals surface area contributed by atoms with Crippen LogP contribution in [0, 0.1) is 0 Å². The van der Waals surface area contributed by atoms with Gasteiger partial charge >= 0.3 is 0 Å². The maximum atomic E-state index is 13.6. The van der Waals surface area contributed by atoms with E-state index in [4.69, 9.17) is 11.6 Å². The summed E-state index contributed by atoms with van der Waals surface area (Å²) in [6, 6.07) is 11.5. The monoisotopic (exact) mass is 502 g/mol. The number of rotatable bonds is 7. The van der Waals surface area contributed by atoms with Gasteiger partial charge in [0.05, 0.1) is 4.90 Å². The standard InChI is InChI=1S/C22H23ClN6O4S/c23-18-8-10-19(11-9-18)34(32,33)29(20-3-1-2-12-24-22(20)31)13-16-4-6-17(7-5-16)21(30)27-28-14-25-26-15-28/h4-11,14-15,20H,1-3,12-13H2,(H,24,31)(H,27,30). The molecule has 10 nitrogen and oxygen atoms in total. The number of nitrogens with zero attached hydrogens (tertiary/aromatic N) is 4. The first-order valence-electron chi connectivity index (χ1n) is 10.6. The zero-order valence-corrected chi connectivity index (χ0v) is 19.7. The Morgan fingerprint density at radius 1 is 1.09 bits per heavy atom. The second-order valence-electron chi connectivity index (χ2n) is 7.81. The van der Waals surface area contributed by atoms with Crippen molar-refractivity contribution in [1.82, 2.24) is 24.5 Å². The first kappa shape index (κ1) is 23.9. The average molecular weight is 503 g/mol. The van der Waals surface area contributed by atoms with E-state index >= 15 is 0 Å². The van der Waals surface area contributed by atoms with E-state index in [0.29, 0.717) is 29.1 Å². The predicted molar refractivity (Wildman–Crippen MR) is 125 cm³/mol. The molecule has 1 aliphatic rings. The third kappa shape index (κ3) is 5.44. The highest BCUT2D eigenvalue weighted by atomic mass is 35.5. The van der Waals surface area contributed by atoms with Crippen LogP contribution in [0.15, 0.2) is 66.1 Å². The van der Waals surface area contributed by atoms with Crippen molar-refractivity contribution in [3.05, 3.63) is 77.3 Å². The normalized spacial score (nSPS) is 16.6. The molecule has 12 heteroatoms. The number of carbonyl (C=O) groups is 2. The molecule has 2 heterocycles. The molecular weight excluding hydrogens is 480 g/mol. The maximum Gasteiger partial charge on any atom is 0.270 e. The van der Waals surface area contributed by atoms with Crippen molar-refractivity contribution < 1.29 is 18.0 Å². The second kappa shape index (κ2) is 10.3. The molecule has 2 amide bonds. The Balaban J connectivity index is 1.61. The van der Waals surface area contributed by atoms with Gasteiger partial charge in [-0.25, -0.2) is 13.1 Å². The van der Waals surface area contributed by atoms with Gasteiger partial charge in [0, 0.05) is 23.7 Å². The lowest BCUT2D eigenvalue weighted by atomic mass is 10.1. The fourth-order valence-electron chi connectivity index (χ4n) is 3.68. The Bertz CT molecular complexity index is 1250. The molecule has 1 unspecified atom stereocenters. The largest absolute Gasteiger partial charge is 0.355 e. The SMILES string of the molecule is O=C(Nn1cnnc1)c1ccc(CN(C2CCCCNC2=O)S(=O)(=O)c2ccc(Cl)cc2)cc1. The predicted octanol–water partition coefficient (Wildman–Crippen LogP) is 2.17. The zero-order chi connectivity index (χ0) is 24.1. The summed E-state index contributed by atoms with van der Waals surface area (Å²) >= 11 is 5.94. The molecule has 34 heavy (non-hydrogen) atoms. The molecular formula is C22H23ClN6O4S. The molecule has 0 spiro atoms. The lowest BCUT2D eigenvalue weighted by molar-refractivity contribution is -0.124. The molecule has 0 aliphatic carbocycles. The fourth-order valence-corrected chi connectivity index (χ4v) is 5.42. The number of sulfonamides is 1. The number of hydrogen-bond donors (Lipinski definition) is 2. The number of nitrogens with one attached hydrogen (secondary N) is 2. The Kier molecular flexibility index (Phi) is 7.25. The molecule has 0 bridgehead atoms. The van der Waals surface area contributed by atoms with Crippen molar-refractivity contribution >= 4 is 33.4 Å². The zero-order valence-electron chi connectivity index (χ0n) is 18.1. The van der Waals surface area contributed by atoms with Crippen LogP contribution >= 0.6 is 11.6 Å². The summed E-state index contributed by atoms with van der Waals surface area (Å²) in [7, 11) is -4.01. The van der Waals surface area contributed by atoms with E-state index in [1.165, 1.54) is 45.9 Å². The van der Waals surface area contributed by atoms with Gasteiger partial charge < -0.3 is 5.32 Å². The molecule has 2 aromatic carbocycles. The molecule has 1 fully saturated rings. The summed E-state index contributed by atoms with van der Waals surface area (Å²) < 4.78 is 29.7. The Morgan fingerprint density at radius 2 is 1.76 bits per heavy atom. The third-order valence-corrected chi connectivity index (χ3v) is 7.60. The van der Waals surface area contributed by atoms with E-state index in [-0.39, 0.29) is 23.3 Å². The number of aromatic nitrogens is 3. The molecule has 0 radical (unpaired) electrons. The highest BCUT2D eigenvalue weighted by Gasteiger charge is 2.36. The molecule has 0 saturated carbocycles. The lowest BCUT2D eigenvalue weighted by Gasteiger charge is -2.29. The van der Waals surface area contributed by atoms with Gasteiger partial charge in [-0.2, -0.15) is 4.31 Å². The second-order valence-corrected chi connectivity index (χ2v) is 10.1. The van der Waals surface area contributed by atoms with Gasteiger partial charge in [-0.1, -0.05) is 23.7 Å². The molecule has 1 saturated heterocycles. The van der Waals surface area contributed by atoms with Crippen molar-refractivity contribution in [2.24, 2.45) is 0 Å². The minimum absolute atomic E-state index is 0.0314. The van der Waals surface area contributed by atoms with Crippen LogP contribution < -0.4 is 10.7 Å². The number of halogens is 1. The number of carbonyl (C=O) groups excluding carboxylic acids is 2. The summed E-state index contributed by atoms with van der Waals surface area (Å²) in [5, 5.41) is 10.5. The van der Waals surface area contributed by atoms with Crippen molar-refractivity contribution in [2.45, 2.75) is 36.7 Å². The summed E-state index contributed by atoms with van der Waals surface area (Å²) in [6.45, 7) is 0.483. The van der Waals surface area contributed by atoms with Gasteiger partial charge in [-0.05, 0) is 61.2 Å². The Labute approximate surface area is 202 Å². The van der Waals surface area contributed by atoms with E-state index in [2.05, 4.69) is 20.9 Å². The van der Waals surface area contributed by atoms with Crippen LogP contribution in [0.4, 0.5) is 0 Å². The molecule has 2 N–H and O–H groups in total. The van der Waals surface area contributed by atoms with E-state index in [0.717, 1.165) is 12.8 Å². The van der Waals surface area contributed by atoms with Crippen molar-refractivity contribution in [3.8, 4) is 0 Å². The summed E-state index contributed by atoms with van der Waals surface area (Å²) in [5.74, 6) is -0.694. The Hall–Kier alpha value is -3.28. The van der Waals surface area contributed by atoms with Crippen LogP contribution in [-0.2, 0) is 21.4 Å². The fraction of sp³-hybridized carbons (Fsp3) is 0.273. The van der Waals surface area contributed by atoms with Crippen LogP contribution in [0.25, 0.3) is 0 Å². The van der Waals surface area contributed by atoms with Crippen LogP contribution in [0.5, 0.6) is 0 Å². The Morgan fingerprint density at radius 3 is 2.44 bits per heavy atom. The van der Waals surface area contributed by atoms with E-state index in [1.807, 2.05) is 0 Å². The van der Waals surface area contributed by atoms with Gasteiger partial charge in [0.1, 0.15) is 18.7 Å². The van der Waals surface area contributed by atoms with Gasteiger partial charge in [-0.15, -0.1) is 10.2 Å². The molecule has 4 rings (SSSR count). The lowest BCUT2D eigenvalue weighted by Crippen LogP contribution is -2.48. The van der Waals surface area contributed by atoms with E-state index in [9.17, 15) is 18.0 Å². The first-order valence-corrected chi connectivity index (χ1v) is 12.5. The molecule has 178 valence electrons. The van der Waals surface area contributed by atoms with Crippen LogP contribution in [0.1, 0.15) is 35.2 Å². The van der Waals surface area contributed by atoms with E-state index in [1.54, 1.807) is 24.3 Å². The van der Waals surface area contributed by atoms with Gasteiger partial charge in [0.25, 0.3) is 5.91 Å². The minimum atomic E-state index is -4.01. The quantitative estimate of drug-likeness (QED) is 0.510. The summed E-state index contributed by atoms with van der Waals surface area (Å²) in [4.78, 5) is 25.2. The van der Waals surface area contributed by atoms with Gasteiger partial charge in [0.2, 0.25) is 15.9 Å². The highest BCUT2D eigenvalue weighted by molar-refractivity contribution is 7.89. The van der Waals surface area contributed by atoms with Crippen molar-refractivity contribution in [2.75, 3.05) is 12.0 Å². The molecule has 1 atom stereocenters. The summed E-state index contributed by atoms with van der Waals surface area (Å²) in [5.41, 5.74) is 3.60. The number of hydrogen-bond acceptors (Lipinski definition) is 6. The van der Waals surface area contributed by atoms with Gasteiger partial charge in [0.15, 0.2) is 0 Å². The topological polar surface area (TPSA) is 126 Å². The van der Waals surface area contributed by atoms with Crippen LogP contribution in [0.2, 0.25) is 5.02 Å². The third-order valence-electron chi connectivity index (χ3n) is 5.48. The van der Waals surface area contributed by atoms with E-state index < -0.39 is 16.1 Å². The van der Waals surface area contributed by atoms with Crippen LogP contribution in [-0.4, -0.2) is 52.0 Å². The molecule has 1 aromatic heterocycles. The first-order chi connectivity index (χ1) is 16.3. The van der Waals surface area contributed by atoms with Gasteiger partial charge in [-0.3, -0.25) is 15.0 Å². The molecule has 1 aliphatic heterocycles. The number of benzene rings is 2. The van der Waals surface area contributed by atoms with Crippen molar-refractivity contribution in [3.63, 3.8) is 0 Å². The maximum absolute atomic E-state index is 13.6. The van der Waals surface area contributed by atoms with Crippen LogP contribution in [0.3, 0.4) is 0 Å². The van der Waals surface area contributed by atoms with Crippen molar-refractivity contribution in [1.29, 1.82) is 0 Å². The highest BCUT2D eigenvalue weighted by Crippen LogP contribution is 2.26. The number of amides is 2. The minimum Gasteiger partial charge on any atom is -0.355 e. The average Bonchev–Trinajstić information content (AvgIpc) is 3.24.